The van der Waals surface area contributed by atoms with E-state index >= 15 is 0 Å². The highest BCUT2D eigenvalue weighted by Gasteiger charge is 2.47. The summed E-state index contributed by atoms with van der Waals surface area (Å²) < 4.78 is 0. The molecule has 1 aromatic carbocycles. The molecule has 2 atom stereocenters. The Kier molecular flexibility index (Phi) is 2.64. The predicted octanol–water partition coefficient (Wildman–Crippen LogP) is 2.87. The van der Waals surface area contributed by atoms with E-state index in [0.29, 0.717) is 5.56 Å². The van der Waals surface area contributed by atoms with E-state index in [1.54, 1.807) is 12.1 Å². The average Bonchev–Trinajstić information content (AvgIpc) is 2.63. The highest BCUT2D eigenvalue weighted by molar-refractivity contribution is 5.95. The number of rotatable bonds is 1. The number of hydroxylamine groups is 2. The predicted molar refractivity (Wildman–Crippen MR) is 68.8 cm³/mol. The van der Waals surface area contributed by atoms with Crippen LogP contribution >= 0.6 is 0 Å². The van der Waals surface area contributed by atoms with Gasteiger partial charge in [-0.25, -0.2) is 0 Å². The first-order valence-electron chi connectivity index (χ1n) is 6.46. The van der Waals surface area contributed by atoms with E-state index in [0.717, 1.165) is 31.4 Å². The number of para-hydroxylation sites is 1. The molecule has 0 spiro atoms. The summed E-state index contributed by atoms with van der Waals surface area (Å²) in [6.07, 6.45) is 3.64. The lowest BCUT2D eigenvalue weighted by atomic mass is 9.82. The molecule has 2 N–H and O–H groups in total. The van der Waals surface area contributed by atoms with Crippen molar-refractivity contribution < 1.29 is 10.3 Å². The Morgan fingerprint density at radius 3 is 2.83 bits per heavy atom. The summed E-state index contributed by atoms with van der Waals surface area (Å²) in [4.78, 5) is 4.63. The fourth-order valence-electron chi connectivity index (χ4n) is 3.00. The number of fused-ring (bicyclic) bond motifs is 1. The van der Waals surface area contributed by atoms with Crippen LogP contribution in [-0.2, 0) is 0 Å². The number of nitrogens with zero attached hydrogens (tertiary/aromatic N) is 2. The van der Waals surface area contributed by atoms with Crippen LogP contribution in [0.5, 0.6) is 5.75 Å². The van der Waals surface area contributed by atoms with Crippen LogP contribution in [0.25, 0.3) is 0 Å². The first-order valence-corrected chi connectivity index (χ1v) is 6.46. The average molecular weight is 246 g/mol. The van der Waals surface area contributed by atoms with Crippen LogP contribution in [0, 0.1) is 0 Å². The number of phenolic OH excluding ortho intramolecular Hbond substituents is 1. The lowest BCUT2D eigenvalue weighted by Crippen LogP contribution is -2.48. The Morgan fingerprint density at radius 1 is 1.33 bits per heavy atom. The van der Waals surface area contributed by atoms with Crippen molar-refractivity contribution in [3.63, 3.8) is 0 Å². The minimum atomic E-state index is -0.468. The van der Waals surface area contributed by atoms with Crippen LogP contribution in [0.2, 0.25) is 0 Å². The van der Waals surface area contributed by atoms with E-state index in [-0.39, 0.29) is 11.3 Å². The van der Waals surface area contributed by atoms with E-state index in [1.807, 2.05) is 19.1 Å². The van der Waals surface area contributed by atoms with Gasteiger partial charge < -0.3 is 10.3 Å². The third kappa shape index (κ3) is 1.56. The fraction of sp³-hybridized carbons (Fsp3) is 0.500. The van der Waals surface area contributed by atoms with Crippen LogP contribution < -0.4 is 0 Å². The first-order chi connectivity index (χ1) is 8.63. The summed E-state index contributed by atoms with van der Waals surface area (Å²) in [5.74, 6) is 0.188. The molecule has 0 unspecified atom stereocenters. The quantitative estimate of drug-likeness (QED) is 0.801. The molecule has 18 heavy (non-hydrogen) atoms. The maximum absolute atomic E-state index is 10.4. The smallest absolute Gasteiger partial charge is 0.154 e. The Bertz CT molecular complexity index is 500. The summed E-state index contributed by atoms with van der Waals surface area (Å²) in [6, 6.07) is 7.08. The zero-order valence-electron chi connectivity index (χ0n) is 10.5. The summed E-state index contributed by atoms with van der Waals surface area (Å²) >= 11 is 0. The third-order valence-corrected chi connectivity index (χ3v) is 4.18. The molecule has 0 saturated heterocycles. The lowest BCUT2D eigenvalue weighted by Gasteiger charge is -2.36. The maximum atomic E-state index is 10.4. The molecule has 4 nitrogen and oxygen atoms in total. The van der Waals surface area contributed by atoms with Crippen molar-refractivity contribution in [3.8, 4) is 5.75 Å². The summed E-state index contributed by atoms with van der Waals surface area (Å²) in [5.41, 5.74) is 1.37. The molecule has 0 radical (unpaired) electrons. The first kappa shape index (κ1) is 11.7. The van der Waals surface area contributed by atoms with Gasteiger partial charge in [-0.3, -0.25) is 4.99 Å². The number of benzene rings is 1. The molecule has 1 aliphatic carbocycles. The van der Waals surface area contributed by atoms with Crippen LogP contribution in [0.3, 0.4) is 0 Å². The van der Waals surface area contributed by atoms with Crippen molar-refractivity contribution >= 4 is 5.71 Å². The zero-order valence-corrected chi connectivity index (χ0v) is 10.5. The number of phenols is 1. The Balaban J connectivity index is 2.01. The molecule has 4 heteroatoms. The summed E-state index contributed by atoms with van der Waals surface area (Å²) in [6.45, 7) is 2.03. The van der Waals surface area contributed by atoms with Crippen LogP contribution in [0.15, 0.2) is 29.3 Å². The molecule has 1 aliphatic heterocycles. The van der Waals surface area contributed by atoms with Gasteiger partial charge in [-0.15, -0.1) is 0 Å². The van der Waals surface area contributed by atoms with Crippen LogP contribution in [0.4, 0.5) is 0 Å². The normalized spacial score (nSPS) is 32.1. The van der Waals surface area contributed by atoms with E-state index in [2.05, 4.69) is 4.99 Å². The maximum Gasteiger partial charge on any atom is 0.154 e. The lowest BCUT2D eigenvalue weighted by molar-refractivity contribution is -0.168. The second-order valence-electron chi connectivity index (χ2n) is 5.33. The van der Waals surface area contributed by atoms with E-state index in [4.69, 9.17) is 0 Å². The molecule has 96 valence electrons. The molecule has 1 aromatic rings. The van der Waals surface area contributed by atoms with Gasteiger partial charge in [0, 0.05) is 11.3 Å². The highest BCUT2D eigenvalue weighted by Crippen LogP contribution is 2.44. The molecule has 3 rings (SSSR count). The Labute approximate surface area is 107 Å². The van der Waals surface area contributed by atoms with Crippen LogP contribution in [0.1, 0.15) is 44.3 Å². The van der Waals surface area contributed by atoms with Gasteiger partial charge in [-0.05, 0) is 32.3 Å². The topological polar surface area (TPSA) is 56.1 Å². The second kappa shape index (κ2) is 4.07. The summed E-state index contributed by atoms with van der Waals surface area (Å²) in [5, 5.41) is 21.6. The highest BCUT2D eigenvalue weighted by atomic mass is 16.5. The zero-order chi connectivity index (χ0) is 12.8. The number of aliphatic imine (C=N–C) groups is 1. The van der Waals surface area contributed by atoms with E-state index < -0.39 is 6.17 Å². The third-order valence-electron chi connectivity index (χ3n) is 4.18. The van der Waals surface area contributed by atoms with Crippen molar-refractivity contribution in [2.24, 2.45) is 4.99 Å². The molecule has 1 heterocycles. The number of hydrogen-bond donors (Lipinski definition) is 2. The van der Waals surface area contributed by atoms with Crippen molar-refractivity contribution in [3.05, 3.63) is 29.8 Å². The van der Waals surface area contributed by atoms with Gasteiger partial charge in [0.2, 0.25) is 0 Å². The van der Waals surface area contributed by atoms with Gasteiger partial charge in [0.25, 0.3) is 0 Å². The standard InChI is InChI=1S/C14H18N2O2/c1-14-9-5-4-8-12(14)15-13(16(14)18)10-6-2-3-7-11(10)17/h2-3,6-7,13,17-18H,4-5,8-9H2,1H3/t13-,14+/m0/s1. The minimum absolute atomic E-state index is 0.188. The molecule has 1 saturated carbocycles. The van der Waals surface area contributed by atoms with Gasteiger partial charge in [-0.1, -0.05) is 24.6 Å². The van der Waals surface area contributed by atoms with Crippen molar-refractivity contribution in [2.45, 2.75) is 44.3 Å². The second-order valence-corrected chi connectivity index (χ2v) is 5.33. The summed E-state index contributed by atoms with van der Waals surface area (Å²) in [7, 11) is 0. The van der Waals surface area contributed by atoms with E-state index in [9.17, 15) is 10.3 Å². The van der Waals surface area contributed by atoms with Gasteiger partial charge in [-0.2, -0.15) is 5.06 Å². The van der Waals surface area contributed by atoms with Crippen molar-refractivity contribution in [1.29, 1.82) is 0 Å². The van der Waals surface area contributed by atoms with Crippen molar-refractivity contribution in [2.75, 3.05) is 0 Å². The molecule has 2 aliphatic rings. The molecule has 1 fully saturated rings. The molecule has 0 aromatic heterocycles. The monoisotopic (exact) mass is 246 g/mol. The molecular formula is C14H18N2O2. The Morgan fingerprint density at radius 2 is 2.11 bits per heavy atom. The number of hydrogen-bond acceptors (Lipinski definition) is 4. The Hall–Kier alpha value is -1.39. The molecular weight excluding hydrogens is 228 g/mol. The largest absolute Gasteiger partial charge is 0.508 e. The fourth-order valence-corrected chi connectivity index (χ4v) is 3.00. The van der Waals surface area contributed by atoms with Gasteiger partial charge in [0.15, 0.2) is 6.17 Å². The van der Waals surface area contributed by atoms with Crippen molar-refractivity contribution in [1.82, 2.24) is 5.06 Å². The SMILES string of the molecule is C[C@@]12CCCCC1=N[C@H](c1ccccc1O)N2O. The van der Waals surface area contributed by atoms with Gasteiger partial charge in [0.05, 0.1) is 5.54 Å². The van der Waals surface area contributed by atoms with Gasteiger partial charge >= 0.3 is 0 Å². The van der Waals surface area contributed by atoms with E-state index in [1.165, 1.54) is 5.06 Å². The van der Waals surface area contributed by atoms with Gasteiger partial charge in [0.1, 0.15) is 5.75 Å². The molecule has 0 amide bonds. The van der Waals surface area contributed by atoms with Crippen LogP contribution in [-0.4, -0.2) is 26.6 Å². The number of aromatic hydroxyl groups is 1. The minimum Gasteiger partial charge on any atom is -0.508 e. The molecule has 0 bridgehead atoms.